The molecule has 1 spiro atoms. The van der Waals surface area contributed by atoms with Crippen molar-refractivity contribution >= 4 is 23.3 Å². The van der Waals surface area contributed by atoms with Gasteiger partial charge in [0.2, 0.25) is 5.79 Å². The highest BCUT2D eigenvalue weighted by molar-refractivity contribution is 6.14. The van der Waals surface area contributed by atoms with Crippen molar-refractivity contribution in [1.82, 2.24) is 0 Å². The quantitative estimate of drug-likeness (QED) is 0.364. The Morgan fingerprint density at radius 1 is 0.974 bits per heavy atom. The van der Waals surface area contributed by atoms with Gasteiger partial charge in [-0.3, -0.25) is 19.2 Å². The van der Waals surface area contributed by atoms with Crippen molar-refractivity contribution in [2.75, 3.05) is 0 Å². The second kappa shape index (κ2) is 7.12. The molecule has 1 saturated carbocycles. The summed E-state index contributed by atoms with van der Waals surface area (Å²) in [4.78, 5) is 54.4. The lowest BCUT2D eigenvalue weighted by molar-refractivity contribution is -0.252. The molecule has 0 bridgehead atoms. The molecule has 2 N–H and O–H groups in total. The van der Waals surface area contributed by atoms with Crippen molar-refractivity contribution in [3.05, 3.63) is 22.8 Å². The van der Waals surface area contributed by atoms with Crippen molar-refractivity contribution in [2.24, 2.45) is 33.5 Å². The van der Waals surface area contributed by atoms with Gasteiger partial charge in [-0.2, -0.15) is 0 Å². The van der Waals surface area contributed by atoms with Gasteiger partial charge >= 0.3 is 5.97 Å². The molecule has 0 aromatic carbocycles. The summed E-state index contributed by atoms with van der Waals surface area (Å²) in [6.45, 7) is 12.6. The van der Waals surface area contributed by atoms with E-state index < -0.39 is 57.1 Å². The highest BCUT2D eigenvalue weighted by Gasteiger charge is 2.75. The standard InChI is InChI=1S/C30H38O8/c1-14-12-30(38-24(14)35)13-27(5,36)17-11-19(33)29(7)20-15(31)10-16-25(2,3)18(32)8-9-26(16,4)21(20)22(34)23(37-30)28(17,29)6/h11,14,16,19,23,33,36H,8-10,12-13H2,1-7H3/t14-,16-,19+,23-,26-,27-,28-,29-,30-/m0/s1. The van der Waals surface area contributed by atoms with Crippen LogP contribution in [0.4, 0.5) is 0 Å². The molecule has 0 aromatic heterocycles. The lowest BCUT2D eigenvalue weighted by Crippen LogP contribution is -2.65. The lowest BCUT2D eigenvalue weighted by Gasteiger charge is -2.60. The summed E-state index contributed by atoms with van der Waals surface area (Å²) in [7, 11) is 0. The van der Waals surface area contributed by atoms with E-state index in [9.17, 15) is 29.4 Å². The van der Waals surface area contributed by atoms with Crippen LogP contribution in [-0.2, 0) is 28.7 Å². The van der Waals surface area contributed by atoms with Crippen LogP contribution < -0.4 is 0 Å². The topological polar surface area (TPSA) is 127 Å². The van der Waals surface area contributed by atoms with E-state index in [0.717, 1.165) is 0 Å². The van der Waals surface area contributed by atoms with E-state index in [-0.39, 0.29) is 49.0 Å². The molecule has 6 aliphatic rings. The first kappa shape index (κ1) is 26.1. The van der Waals surface area contributed by atoms with Gasteiger partial charge in [0, 0.05) is 58.5 Å². The van der Waals surface area contributed by atoms with Gasteiger partial charge in [0.1, 0.15) is 11.9 Å². The van der Waals surface area contributed by atoms with Crippen LogP contribution in [0.3, 0.4) is 0 Å². The Labute approximate surface area is 222 Å². The lowest BCUT2D eigenvalue weighted by atomic mass is 9.42. The average molecular weight is 527 g/mol. The Hall–Kier alpha value is -2.16. The van der Waals surface area contributed by atoms with Crippen molar-refractivity contribution < 1.29 is 38.9 Å². The van der Waals surface area contributed by atoms with Crippen LogP contribution in [0.15, 0.2) is 22.8 Å². The van der Waals surface area contributed by atoms with Crippen LogP contribution >= 0.6 is 0 Å². The fraction of sp³-hybridized carbons (Fsp3) is 0.733. The second-order valence-electron chi connectivity index (χ2n) is 14.2. The first-order valence-electron chi connectivity index (χ1n) is 13.8. The summed E-state index contributed by atoms with van der Waals surface area (Å²) in [6, 6.07) is 0. The van der Waals surface area contributed by atoms with E-state index in [1.807, 2.05) is 20.8 Å². The van der Waals surface area contributed by atoms with Crippen LogP contribution in [0, 0.1) is 33.5 Å². The number of hydrogen-bond acceptors (Lipinski definition) is 8. The minimum absolute atomic E-state index is 0.0774. The summed E-state index contributed by atoms with van der Waals surface area (Å²) < 4.78 is 12.4. The van der Waals surface area contributed by atoms with Crippen molar-refractivity contribution in [3.63, 3.8) is 0 Å². The predicted molar refractivity (Wildman–Crippen MR) is 134 cm³/mol. The minimum Gasteiger partial charge on any atom is -0.433 e. The van der Waals surface area contributed by atoms with E-state index in [1.54, 1.807) is 33.8 Å². The summed E-state index contributed by atoms with van der Waals surface area (Å²) >= 11 is 0. The number of aliphatic hydroxyl groups excluding tert-OH is 1. The third-order valence-electron chi connectivity index (χ3n) is 11.6. The van der Waals surface area contributed by atoms with Gasteiger partial charge in [0.05, 0.1) is 17.6 Å². The van der Waals surface area contributed by atoms with Gasteiger partial charge in [-0.25, -0.2) is 0 Å². The van der Waals surface area contributed by atoms with Gasteiger partial charge < -0.3 is 19.7 Å². The SMILES string of the molecule is C[C@H]1C[C@@]2(C[C@](C)(O)C3=C[C@@H](O)[C@@]4(C)C5=C(C(=O)[C@H](O2)[C@]34C)[C@@]2(C)CCC(=O)C(C)(C)[C@@H]2CC5=O)OC1=O. The van der Waals surface area contributed by atoms with Crippen molar-refractivity contribution in [2.45, 2.75) is 104 Å². The smallest absolute Gasteiger partial charge is 0.311 e. The van der Waals surface area contributed by atoms with Gasteiger partial charge in [-0.05, 0) is 24.8 Å². The van der Waals surface area contributed by atoms with Crippen molar-refractivity contribution in [1.29, 1.82) is 0 Å². The Morgan fingerprint density at radius 2 is 1.63 bits per heavy atom. The molecule has 3 fully saturated rings. The van der Waals surface area contributed by atoms with Gasteiger partial charge in [0.25, 0.3) is 0 Å². The van der Waals surface area contributed by atoms with Crippen molar-refractivity contribution in [3.8, 4) is 0 Å². The Kier molecular flexibility index (Phi) is 4.89. The van der Waals surface area contributed by atoms with Crippen LogP contribution in [0.5, 0.6) is 0 Å². The maximum atomic E-state index is 14.8. The fourth-order valence-electron chi connectivity index (χ4n) is 9.45. The molecule has 9 atom stereocenters. The zero-order valence-corrected chi connectivity index (χ0v) is 23.3. The number of carbonyl (C=O) groups excluding carboxylic acids is 4. The average Bonchev–Trinajstić information content (AvgIpc) is 3.17. The highest BCUT2D eigenvalue weighted by atomic mass is 16.7. The molecular weight excluding hydrogens is 488 g/mol. The number of ether oxygens (including phenoxy) is 2. The van der Waals surface area contributed by atoms with E-state index in [1.165, 1.54) is 0 Å². The third-order valence-corrected chi connectivity index (χ3v) is 11.6. The molecule has 4 aliphatic carbocycles. The van der Waals surface area contributed by atoms with E-state index >= 15 is 0 Å². The molecule has 2 aliphatic heterocycles. The molecule has 206 valence electrons. The molecule has 38 heavy (non-hydrogen) atoms. The number of ketones is 3. The first-order valence-corrected chi connectivity index (χ1v) is 13.8. The van der Waals surface area contributed by atoms with Crippen LogP contribution in [0.2, 0.25) is 0 Å². The maximum Gasteiger partial charge on any atom is 0.311 e. The highest BCUT2D eigenvalue weighted by Crippen LogP contribution is 2.71. The second-order valence-corrected chi connectivity index (χ2v) is 14.2. The number of Topliss-reactive ketones (excluding diaryl/α,β-unsaturated/α-hetero) is 3. The predicted octanol–water partition coefficient (Wildman–Crippen LogP) is 2.98. The summed E-state index contributed by atoms with van der Waals surface area (Å²) in [5.41, 5.74) is -4.63. The molecular formula is C30H38O8. The molecule has 6 rings (SSSR count). The molecule has 2 saturated heterocycles. The molecule has 0 aromatic rings. The van der Waals surface area contributed by atoms with E-state index in [4.69, 9.17) is 9.47 Å². The number of esters is 1. The first-order chi connectivity index (χ1) is 17.4. The molecule has 0 radical (unpaired) electrons. The molecule has 8 nitrogen and oxygen atoms in total. The number of fused-ring (bicyclic) bond motifs is 3. The summed E-state index contributed by atoms with van der Waals surface area (Å²) in [5.74, 6) is -3.36. The Morgan fingerprint density at radius 3 is 2.24 bits per heavy atom. The van der Waals surface area contributed by atoms with Crippen LogP contribution in [0.1, 0.15) is 80.6 Å². The Balaban J connectivity index is 1.63. The molecule has 8 heteroatoms. The molecule has 0 unspecified atom stereocenters. The zero-order valence-electron chi connectivity index (χ0n) is 23.3. The number of aliphatic hydroxyl groups is 2. The number of rotatable bonds is 0. The maximum absolute atomic E-state index is 14.8. The Bertz CT molecular complexity index is 1290. The number of hydrogen-bond donors (Lipinski definition) is 2. The van der Waals surface area contributed by atoms with Gasteiger partial charge in [0.15, 0.2) is 11.6 Å². The largest absolute Gasteiger partial charge is 0.433 e. The van der Waals surface area contributed by atoms with Crippen LogP contribution in [0.25, 0.3) is 0 Å². The van der Waals surface area contributed by atoms with E-state index in [0.29, 0.717) is 23.1 Å². The zero-order chi connectivity index (χ0) is 28.0. The van der Waals surface area contributed by atoms with Crippen LogP contribution in [-0.4, -0.2) is 57.1 Å². The summed E-state index contributed by atoms with van der Waals surface area (Å²) in [6.07, 6.45) is 0.126. The molecule has 2 heterocycles. The fourth-order valence-corrected chi connectivity index (χ4v) is 9.45. The normalized spacial score (nSPS) is 51.3. The van der Waals surface area contributed by atoms with Gasteiger partial charge in [-0.1, -0.05) is 47.6 Å². The summed E-state index contributed by atoms with van der Waals surface area (Å²) in [5, 5.41) is 23.5. The van der Waals surface area contributed by atoms with Gasteiger partial charge in [-0.15, -0.1) is 0 Å². The number of carbonyl (C=O) groups is 4. The minimum atomic E-state index is -1.58. The molecule has 0 amide bonds. The van der Waals surface area contributed by atoms with E-state index in [2.05, 4.69) is 0 Å². The monoisotopic (exact) mass is 526 g/mol. The third kappa shape index (κ3) is 2.72.